The third-order valence-electron chi connectivity index (χ3n) is 19.5. The first kappa shape index (κ1) is 82.4. The zero-order valence-electron chi connectivity index (χ0n) is 65.1. The first-order valence-electron chi connectivity index (χ1n) is 39.6. The van der Waals surface area contributed by atoms with E-state index in [1.165, 1.54) is 86.2 Å². The van der Waals surface area contributed by atoms with Gasteiger partial charge < -0.3 is 39.0 Å². The van der Waals surface area contributed by atoms with Gasteiger partial charge in [-0.05, 0) is 243 Å². The Morgan fingerprint density at radius 3 is 0.870 bits per heavy atom. The lowest BCUT2D eigenvalue weighted by Crippen LogP contribution is -2.10. The van der Waals surface area contributed by atoms with Crippen LogP contribution in [0.5, 0.6) is 23.0 Å². The van der Waals surface area contributed by atoms with Gasteiger partial charge in [0.15, 0.2) is 0 Å². The Morgan fingerprint density at radius 1 is 0.313 bits per heavy atom. The molecule has 0 fully saturated rings. The molecule has 0 spiro atoms. The maximum absolute atomic E-state index is 12.0. The molecule has 0 saturated carbocycles. The van der Waals surface area contributed by atoms with Crippen molar-refractivity contribution in [3.05, 3.63) is 239 Å². The maximum Gasteiger partial charge on any atom is 0.346 e. The van der Waals surface area contributed by atoms with Gasteiger partial charge in [0.1, 0.15) is 46.3 Å². The maximum atomic E-state index is 12.0. The Labute approximate surface area is 703 Å². The predicted octanol–water partition coefficient (Wildman–Crippen LogP) is 30.2. The molecule has 0 saturated heterocycles. The molecule has 12 nitrogen and oxygen atoms in total. The van der Waals surface area contributed by atoms with Gasteiger partial charge in [0.05, 0.1) is 36.2 Å². The van der Waals surface area contributed by atoms with E-state index in [0.29, 0.717) is 36.2 Å². The Morgan fingerprint density at radius 2 is 0.583 bits per heavy atom. The average molecular weight is 1650 g/mol. The summed E-state index contributed by atoms with van der Waals surface area (Å²) in [5.74, 6) is 0.852. The number of benzene rings is 6. The summed E-state index contributed by atoms with van der Waals surface area (Å²) in [7, 11) is 0. The predicted molar refractivity (Wildman–Crippen MR) is 485 cm³/mol. The van der Waals surface area contributed by atoms with Crippen LogP contribution in [-0.2, 0) is 9.59 Å². The SMILES string of the molecule is CCCCCCOc1ccc(N(c2ccc(OCCCCCC)cc2)c2ccc(-c3ccc(-c4sc(-c5ccc(/C=C(/C#N)C(=O)O)s5)cc4-c4ccc(-c5cc(-c6ccc(/C=C(\C#N)C(=O)O)s6)sc5-c5ccc(-c6ccc(N(c7ccc(OCCCCCC)cc7)c7ccc(OCCCCCC)cc7)cc6)s5)s4)s3)cc2)cc1. The highest BCUT2D eigenvalue weighted by molar-refractivity contribution is 7.29. The fourth-order valence-electron chi connectivity index (χ4n) is 13.4. The van der Waals surface area contributed by atoms with E-state index >= 15 is 0 Å². The van der Waals surface area contributed by atoms with Gasteiger partial charge in [-0.3, -0.25) is 0 Å². The molecule has 0 unspecified atom stereocenters. The smallest absolute Gasteiger partial charge is 0.346 e. The van der Waals surface area contributed by atoms with Crippen molar-refractivity contribution in [1.29, 1.82) is 10.5 Å². The Hall–Kier alpha value is -10.6. The van der Waals surface area contributed by atoms with Crippen LogP contribution in [-0.4, -0.2) is 48.6 Å². The summed E-state index contributed by atoms with van der Waals surface area (Å²) in [6.07, 6.45) is 21.1. The van der Waals surface area contributed by atoms with Crippen LogP contribution in [0.25, 0.3) is 92.9 Å². The number of nitriles is 2. The Kier molecular flexibility index (Phi) is 29.5. The zero-order chi connectivity index (χ0) is 79.8. The minimum Gasteiger partial charge on any atom is -0.494 e. The van der Waals surface area contributed by atoms with Gasteiger partial charge in [0, 0.05) is 104 Å². The normalized spacial score (nSPS) is 11.5. The van der Waals surface area contributed by atoms with Crippen LogP contribution in [0.3, 0.4) is 0 Å². The summed E-state index contributed by atoms with van der Waals surface area (Å²) in [5.41, 5.74) is 9.62. The molecule has 6 aromatic carbocycles. The Bertz CT molecular complexity index is 5040. The number of rotatable bonds is 42. The van der Waals surface area contributed by atoms with Gasteiger partial charge in [-0.25, -0.2) is 9.59 Å². The van der Waals surface area contributed by atoms with Crippen LogP contribution in [0.15, 0.2) is 230 Å². The number of carboxylic acid groups (broad SMARTS) is 2. The lowest BCUT2D eigenvalue weighted by Gasteiger charge is -2.26. The molecule has 0 radical (unpaired) electrons. The highest BCUT2D eigenvalue weighted by Crippen LogP contribution is 2.54. The summed E-state index contributed by atoms with van der Waals surface area (Å²) < 4.78 is 24.8. The highest BCUT2D eigenvalue weighted by Gasteiger charge is 2.25. The lowest BCUT2D eigenvalue weighted by atomic mass is 10.1. The van der Waals surface area contributed by atoms with Crippen LogP contribution >= 0.6 is 79.4 Å². The fourth-order valence-corrected chi connectivity index (χ4v) is 21.3. The summed E-state index contributed by atoms with van der Waals surface area (Å²) >= 11 is 11.5. The van der Waals surface area contributed by atoms with Crippen molar-refractivity contribution < 1.29 is 38.7 Å². The van der Waals surface area contributed by atoms with E-state index in [0.717, 1.165) is 189 Å². The second-order valence-corrected chi connectivity index (χ2v) is 35.5. The highest BCUT2D eigenvalue weighted by atomic mass is 32.1. The van der Waals surface area contributed by atoms with E-state index in [4.69, 9.17) is 18.9 Å². The number of carboxylic acids is 2. The topological polar surface area (TPSA) is 166 Å². The number of aliphatic carboxylic acids is 2. The van der Waals surface area contributed by atoms with Gasteiger partial charge in [-0.1, -0.05) is 129 Å². The molecule has 0 atom stereocenters. The standard InChI is InChI=1S/C96H92N4O8S7/c1-5-9-13-17-55-105-75-37-29-71(30-38-75)99(72-31-39-76(40-32-72)106-56-18-14-10-6-2)69-25-21-65(22-26-69)83-49-53-89(111-83)93-81(61-91(114-93)87-47-45-79(109-87)59-67(63-97)95(101)102)85-51-52-86(113-85)82-62-92(88-48-46-80(110-88)60-68(64-98)96(103)104)115-94(82)90-54-50-84(112-90)66-23-27-70(28-24-66)100(73-33-41-77(42-34-73)107-57-19-15-11-7-3)74-35-43-78(44-36-74)108-58-20-16-12-8-4/h21-54,59-62H,5-20,55-58H2,1-4H3,(H,101,102)(H,103,104)/b67-59-,68-60+. The summed E-state index contributed by atoms with van der Waals surface area (Å²) in [6, 6.07) is 80.1. The van der Waals surface area contributed by atoms with Crippen molar-refractivity contribution in [3.8, 4) is 116 Å². The fraction of sp³-hybridized carbons (Fsp3) is 0.250. The van der Waals surface area contributed by atoms with Crippen molar-refractivity contribution in [1.82, 2.24) is 0 Å². The number of anilines is 6. The van der Waals surface area contributed by atoms with Crippen LogP contribution < -0.4 is 28.7 Å². The van der Waals surface area contributed by atoms with Crippen molar-refractivity contribution in [2.24, 2.45) is 0 Å². The van der Waals surface area contributed by atoms with E-state index in [-0.39, 0.29) is 11.1 Å². The molecule has 0 bridgehead atoms. The summed E-state index contributed by atoms with van der Waals surface area (Å²) in [6.45, 7) is 11.6. The van der Waals surface area contributed by atoms with Gasteiger partial charge in [0.25, 0.3) is 0 Å². The molecule has 0 aliphatic heterocycles. The monoisotopic (exact) mass is 1650 g/mol. The molecule has 19 heteroatoms. The molecule has 2 N–H and O–H groups in total. The van der Waals surface area contributed by atoms with Gasteiger partial charge in [-0.2, -0.15) is 10.5 Å². The van der Waals surface area contributed by atoms with Crippen molar-refractivity contribution in [3.63, 3.8) is 0 Å². The van der Waals surface area contributed by atoms with E-state index in [1.807, 2.05) is 36.4 Å². The number of unbranched alkanes of at least 4 members (excludes halogenated alkanes) is 12. The summed E-state index contributed by atoms with van der Waals surface area (Å²) in [4.78, 5) is 42.5. The first-order chi connectivity index (χ1) is 56.4. The Balaban J connectivity index is 0.827. The third-order valence-corrected chi connectivity index (χ3v) is 28.0. The largest absolute Gasteiger partial charge is 0.494 e. The minimum atomic E-state index is -1.27. The third kappa shape index (κ3) is 21.5. The van der Waals surface area contributed by atoms with Crippen LogP contribution in [0.4, 0.5) is 34.1 Å². The number of carbonyl (C=O) groups is 2. The minimum absolute atomic E-state index is 0.332. The van der Waals surface area contributed by atoms with Gasteiger partial charge in [0.2, 0.25) is 0 Å². The van der Waals surface area contributed by atoms with E-state index in [9.17, 15) is 30.3 Å². The lowest BCUT2D eigenvalue weighted by molar-refractivity contribution is -0.133. The van der Waals surface area contributed by atoms with Crippen molar-refractivity contribution in [2.75, 3.05) is 36.2 Å². The number of thiophene rings is 7. The molecule has 0 aliphatic carbocycles. The van der Waals surface area contributed by atoms with Crippen LogP contribution in [0.2, 0.25) is 0 Å². The molecule has 0 amide bonds. The molecule has 0 aliphatic rings. The molecule has 7 aromatic heterocycles. The number of ether oxygens (including phenoxy) is 4. The van der Waals surface area contributed by atoms with Crippen LogP contribution in [0.1, 0.15) is 140 Å². The number of nitrogens with zero attached hydrogens (tertiary/aromatic N) is 4. The van der Waals surface area contributed by atoms with Crippen molar-refractivity contribution >= 4 is 138 Å². The average Bonchev–Trinajstić information content (AvgIpc) is 1.67. The van der Waals surface area contributed by atoms with E-state index in [1.54, 1.807) is 56.7 Å². The first-order valence-corrected chi connectivity index (χ1v) is 45.3. The molecular formula is C96H92N4O8S7. The molecule has 13 rings (SSSR count). The molecule has 13 aromatic rings. The van der Waals surface area contributed by atoms with E-state index < -0.39 is 11.9 Å². The molecule has 586 valence electrons. The second-order valence-electron chi connectivity index (χ2n) is 27.9. The van der Waals surface area contributed by atoms with Crippen LogP contribution in [0, 0.1) is 22.7 Å². The zero-order valence-corrected chi connectivity index (χ0v) is 70.8. The quantitative estimate of drug-likeness (QED) is 0.0212. The molecule has 7 heterocycles. The van der Waals surface area contributed by atoms with E-state index in [2.05, 4.69) is 232 Å². The molecular weight excluding hydrogens is 1560 g/mol. The van der Waals surface area contributed by atoms with Crippen molar-refractivity contribution in [2.45, 2.75) is 130 Å². The summed E-state index contributed by atoms with van der Waals surface area (Å²) in [5, 5.41) is 39.1. The molecule has 115 heavy (non-hydrogen) atoms. The number of hydrogen-bond donors (Lipinski definition) is 2. The van der Waals surface area contributed by atoms with Gasteiger partial charge >= 0.3 is 11.9 Å². The van der Waals surface area contributed by atoms with Gasteiger partial charge in [-0.15, -0.1) is 79.4 Å². The second kappa shape index (κ2) is 41.1. The number of hydrogen-bond acceptors (Lipinski definition) is 17.